The lowest BCUT2D eigenvalue weighted by Gasteiger charge is -2.14. The van der Waals surface area contributed by atoms with Crippen LogP contribution in [0.2, 0.25) is 0 Å². The van der Waals surface area contributed by atoms with Gasteiger partial charge in [-0.2, -0.15) is 5.26 Å². The molecule has 0 unspecified atom stereocenters. The number of nitrogens with one attached hydrogen (secondary N) is 1. The van der Waals surface area contributed by atoms with Gasteiger partial charge in [0.05, 0.1) is 6.54 Å². The molecule has 0 bridgehead atoms. The molecule has 0 spiro atoms. The number of nitriles is 1. The second-order valence-electron chi connectivity index (χ2n) is 3.14. The average Bonchev–Trinajstić information content (AvgIpc) is 2.35. The number of hydrogen-bond acceptors (Lipinski definition) is 5. The van der Waals surface area contributed by atoms with Crippen molar-refractivity contribution in [2.24, 2.45) is 0 Å². The first-order valence-corrected chi connectivity index (χ1v) is 4.88. The summed E-state index contributed by atoms with van der Waals surface area (Å²) in [5, 5.41) is 11.4. The van der Waals surface area contributed by atoms with Crippen LogP contribution in [-0.4, -0.2) is 40.9 Å². The average molecular weight is 219 g/mol. The Kier molecular flexibility index (Phi) is 4.21. The third kappa shape index (κ3) is 3.20. The van der Waals surface area contributed by atoms with Gasteiger partial charge in [0.25, 0.3) is 0 Å². The Morgan fingerprint density at radius 3 is 3.06 bits per heavy atom. The van der Waals surface area contributed by atoms with E-state index in [-0.39, 0.29) is 24.1 Å². The number of rotatable bonds is 4. The van der Waals surface area contributed by atoms with Gasteiger partial charge in [-0.15, -0.1) is 0 Å². The topological polar surface area (TPSA) is 81.9 Å². The lowest BCUT2D eigenvalue weighted by atomic mass is 10.4. The molecular formula is C10H13N5O. The summed E-state index contributed by atoms with van der Waals surface area (Å²) in [7, 11) is 1.72. The maximum atomic E-state index is 11.4. The van der Waals surface area contributed by atoms with Crippen LogP contribution in [0.1, 0.15) is 12.6 Å². The number of aromatic nitrogens is 2. The molecule has 6 heteroatoms. The molecule has 0 aliphatic rings. The molecule has 0 saturated heterocycles. The van der Waals surface area contributed by atoms with Crippen molar-refractivity contribution >= 4 is 11.9 Å². The largest absolute Gasteiger partial charge is 0.345 e. The van der Waals surface area contributed by atoms with Crippen molar-refractivity contribution in [2.45, 2.75) is 6.92 Å². The molecule has 1 rings (SSSR count). The van der Waals surface area contributed by atoms with Crippen molar-refractivity contribution in [2.75, 3.05) is 25.5 Å². The highest BCUT2D eigenvalue weighted by Gasteiger charge is 2.06. The maximum Gasteiger partial charge on any atom is 0.241 e. The normalized spacial score (nSPS) is 9.31. The lowest BCUT2D eigenvalue weighted by molar-refractivity contribution is -0.127. The van der Waals surface area contributed by atoms with Gasteiger partial charge in [-0.25, -0.2) is 9.97 Å². The van der Waals surface area contributed by atoms with Crippen molar-refractivity contribution < 1.29 is 4.79 Å². The first-order chi connectivity index (χ1) is 7.67. The first-order valence-electron chi connectivity index (χ1n) is 4.88. The highest BCUT2D eigenvalue weighted by Crippen LogP contribution is 1.98. The first kappa shape index (κ1) is 11.9. The van der Waals surface area contributed by atoms with E-state index in [4.69, 9.17) is 5.26 Å². The van der Waals surface area contributed by atoms with Gasteiger partial charge in [0.15, 0.2) is 0 Å². The molecule has 1 aromatic heterocycles. The molecule has 6 nitrogen and oxygen atoms in total. The van der Waals surface area contributed by atoms with E-state index in [0.717, 1.165) is 0 Å². The Hall–Kier alpha value is -2.16. The highest BCUT2D eigenvalue weighted by molar-refractivity contribution is 5.80. The van der Waals surface area contributed by atoms with Crippen LogP contribution in [-0.2, 0) is 4.79 Å². The Labute approximate surface area is 93.9 Å². The van der Waals surface area contributed by atoms with E-state index in [9.17, 15) is 4.79 Å². The van der Waals surface area contributed by atoms with Crippen LogP contribution in [0, 0.1) is 11.3 Å². The van der Waals surface area contributed by atoms with Gasteiger partial charge in [0.2, 0.25) is 11.9 Å². The molecule has 0 radical (unpaired) electrons. The summed E-state index contributed by atoms with van der Waals surface area (Å²) in [4.78, 5) is 20.8. The summed E-state index contributed by atoms with van der Waals surface area (Å²) in [6.45, 7) is 2.67. The van der Waals surface area contributed by atoms with Gasteiger partial charge in [0.1, 0.15) is 11.8 Å². The summed E-state index contributed by atoms with van der Waals surface area (Å²) < 4.78 is 0. The molecule has 0 fully saturated rings. The minimum atomic E-state index is -0.0477. The molecule has 1 amide bonds. The van der Waals surface area contributed by atoms with Crippen LogP contribution in [0.3, 0.4) is 0 Å². The fraction of sp³-hybridized carbons (Fsp3) is 0.400. The minimum absolute atomic E-state index is 0.0477. The lowest BCUT2D eigenvalue weighted by Crippen LogP contribution is -2.32. The van der Waals surface area contributed by atoms with Crippen molar-refractivity contribution in [3.8, 4) is 6.07 Å². The van der Waals surface area contributed by atoms with Crippen molar-refractivity contribution in [1.82, 2.24) is 14.9 Å². The molecule has 1 heterocycles. The fourth-order valence-electron chi connectivity index (χ4n) is 0.972. The number of hydrogen-bond donors (Lipinski definition) is 1. The molecule has 1 N–H and O–H groups in total. The monoisotopic (exact) mass is 219 g/mol. The number of anilines is 1. The smallest absolute Gasteiger partial charge is 0.241 e. The zero-order chi connectivity index (χ0) is 12.0. The minimum Gasteiger partial charge on any atom is -0.345 e. The second-order valence-corrected chi connectivity index (χ2v) is 3.14. The quantitative estimate of drug-likeness (QED) is 0.784. The molecule has 0 aromatic carbocycles. The molecule has 0 atom stereocenters. The van der Waals surface area contributed by atoms with Crippen LogP contribution in [0.25, 0.3) is 0 Å². The van der Waals surface area contributed by atoms with Crippen LogP contribution < -0.4 is 5.32 Å². The number of carbonyl (C=O) groups is 1. The molecule has 0 saturated carbocycles. The number of likely N-dealkylation sites (N-methyl/N-ethyl adjacent to an activating group) is 1. The standard InChI is InChI=1S/C10H13N5O/c1-3-15(2)9(16)7-13-10-12-5-4-8(6-11)14-10/h4-5H,3,7H2,1-2H3,(H,12,13,14). The van der Waals surface area contributed by atoms with Crippen molar-refractivity contribution in [3.63, 3.8) is 0 Å². The Morgan fingerprint density at radius 2 is 2.44 bits per heavy atom. The van der Waals surface area contributed by atoms with Crippen LogP contribution >= 0.6 is 0 Å². The number of carbonyl (C=O) groups excluding carboxylic acids is 1. The van der Waals surface area contributed by atoms with Gasteiger partial charge >= 0.3 is 0 Å². The third-order valence-electron chi connectivity index (χ3n) is 2.07. The van der Waals surface area contributed by atoms with E-state index in [0.29, 0.717) is 6.54 Å². The maximum absolute atomic E-state index is 11.4. The van der Waals surface area contributed by atoms with E-state index in [2.05, 4.69) is 15.3 Å². The predicted octanol–water partition coefficient (Wildman–Crippen LogP) is 0.238. The fourth-order valence-corrected chi connectivity index (χ4v) is 0.972. The van der Waals surface area contributed by atoms with E-state index in [1.54, 1.807) is 11.9 Å². The molecule has 16 heavy (non-hydrogen) atoms. The molecular weight excluding hydrogens is 206 g/mol. The Balaban J connectivity index is 2.55. The van der Waals surface area contributed by atoms with Crippen molar-refractivity contribution in [1.29, 1.82) is 5.26 Å². The molecule has 0 aliphatic heterocycles. The molecule has 1 aromatic rings. The SMILES string of the molecule is CCN(C)C(=O)CNc1nccc(C#N)n1. The van der Waals surface area contributed by atoms with E-state index >= 15 is 0 Å². The zero-order valence-electron chi connectivity index (χ0n) is 9.27. The van der Waals surface area contributed by atoms with Gasteiger partial charge in [-0.1, -0.05) is 0 Å². The number of amides is 1. The van der Waals surface area contributed by atoms with E-state index < -0.39 is 0 Å². The van der Waals surface area contributed by atoms with Gasteiger partial charge < -0.3 is 10.2 Å². The predicted molar refractivity (Wildman–Crippen MR) is 58.5 cm³/mol. The zero-order valence-corrected chi connectivity index (χ0v) is 9.27. The highest BCUT2D eigenvalue weighted by atomic mass is 16.2. The number of nitrogens with zero attached hydrogens (tertiary/aromatic N) is 4. The summed E-state index contributed by atoms with van der Waals surface area (Å²) in [5.74, 6) is 0.241. The summed E-state index contributed by atoms with van der Waals surface area (Å²) >= 11 is 0. The summed E-state index contributed by atoms with van der Waals surface area (Å²) in [6, 6.07) is 3.41. The van der Waals surface area contributed by atoms with Crippen LogP contribution in [0.5, 0.6) is 0 Å². The Morgan fingerprint density at radius 1 is 1.69 bits per heavy atom. The van der Waals surface area contributed by atoms with Crippen LogP contribution in [0.15, 0.2) is 12.3 Å². The van der Waals surface area contributed by atoms with E-state index in [1.807, 2.05) is 13.0 Å². The van der Waals surface area contributed by atoms with Gasteiger partial charge in [-0.3, -0.25) is 4.79 Å². The Bertz CT molecular complexity index is 412. The second kappa shape index (κ2) is 5.66. The molecule has 84 valence electrons. The summed E-state index contributed by atoms with van der Waals surface area (Å²) in [6.07, 6.45) is 1.47. The van der Waals surface area contributed by atoms with E-state index in [1.165, 1.54) is 12.3 Å². The van der Waals surface area contributed by atoms with Crippen LogP contribution in [0.4, 0.5) is 5.95 Å². The van der Waals surface area contributed by atoms with Crippen molar-refractivity contribution in [3.05, 3.63) is 18.0 Å². The van der Waals surface area contributed by atoms with Gasteiger partial charge in [0, 0.05) is 19.8 Å². The molecule has 0 aliphatic carbocycles. The third-order valence-corrected chi connectivity index (χ3v) is 2.07. The summed E-state index contributed by atoms with van der Waals surface area (Å²) in [5.41, 5.74) is 0.272. The van der Waals surface area contributed by atoms with Gasteiger partial charge in [-0.05, 0) is 13.0 Å².